The first kappa shape index (κ1) is 17.3. The number of nitrogens with one attached hydrogen (secondary N) is 2. The summed E-state index contributed by atoms with van der Waals surface area (Å²) < 4.78 is 0. The summed E-state index contributed by atoms with van der Waals surface area (Å²) in [5.74, 6) is 0.151. The van der Waals surface area contributed by atoms with Crippen molar-refractivity contribution in [1.82, 2.24) is 10.6 Å². The van der Waals surface area contributed by atoms with Gasteiger partial charge < -0.3 is 10.6 Å². The molecule has 1 aromatic carbocycles. The molecule has 0 saturated carbocycles. The molecule has 2 unspecified atom stereocenters. The summed E-state index contributed by atoms with van der Waals surface area (Å²) in [5.41, 5.74) is 1.84. The van der Waals surface area contributed by atoms with Gasteiger partial charge in [-0.2, -0.15) is 0 Å². The maximum atomic E-state index is 12.7. The van der Waals surface area contributed by atoms with Crippen LogP contribution in [-0.4, -0.2) is 24.0 Å². The van der Waals surface area contributed by atoms with Crippen LogP contribution in [0, 0.1) is 6.92 Å². The van der Waals surface area contributed by atoms with Gasteiger partial charge in [0.2, 0.25) is 5.91 Å². The predicted octanol–water partition coefficient (Wildman–Crippen LogP) is 3.09. The van der Waals surface area contributed by atoms with Crippen molar-refractivity contribution in [2.24, 2.45) is 0 Å². The number of piperidine rings is 1. The van der Waals surface area contributed by atoms with Crippen LogP contribution in [0.4, 0.5) is 0 Å². The van der Waals surface area contributed by atoms with E-state index in [-0.39, 0.29) is 18.3 Å². The monoisotopic (exact) mass is 322 g/mol. The average molecular weight is 323 g/mol. The van der Waals surface area contributed by atoms with Crippen LogP contribution in [-0.2, 0) is 10.2 Å². The fourth-order valence-corrected chi connectivity index (χ4v) is 3.64. The molecule has 2 saturated heterocycles. The van der Waals surface area contributed by atoms with Gasteiger partial charge in [-0.3, -0.25) is 4.79 Å². The number of benzene rings is 1. The lowest BCUT2D eigenvalue weighted by atomic mass is 9.82. The molecule has 2 bridgehead atoms. The topological polar surface area (TPSA) is 41.1 Å². The first-order valence-corrected chi connectivity index (χ1v) is 8.09. The van der Waals surface area contributed by atoms with Gasteiger partial charge in [0.05, 0.1) is 5.41 Å². The number of rotatable bonds is 3. The number of carbonyl (C=O) groups is 1. The lowest BCUT2D eigenvalue weighted by Gasteiger charge is -2.33. The second kappa shape index (κ2) is 6.59. The zero-order valence-electron chi connectivity index (χ0n) is 13.7. The minimum absolute atomic E-state index is 0. The highest BCUT2D eigenvalue weighted by atomic mass is 35.5. The van der Waals surface area contributed by atoms with Crippen molar-refractivity contribution in [2.45, 2.75) is 70.0 Å². The van der Waals surface area contributed by atoms with Crippen molar-refractivity contribution < 1.29 is 4.79 Å². The molecule has 2 aliphatic rings. The van der Waals surface area contributed by atoms with E-state index in [0.717, 1.165) is 18.4 Å². The van der Waals surface area contributed by atoms with Crippen LogP contribution in [0.2, 0.25) is 0 Å². The van der Waals surface area contributed by atoms with Gasteiger partial charge in [-0.1, -0.05) is 29.8 Å². The molecular formula is C18H27ClN2O. The normalized spacial score (nSPS) is 27.1. The Morgan fingerprint density at radius 2 is 1.68 bits per heavy atom. The summed E-state index contributed by atoms with van der Waals surface area (Å²) in [6.07, 6.45) is 4.68. The van der Waals surface area contributed by atoms with Gasteiger partial charge in [-0.05, 0) is 52.0 Å². The SMILES string of the molecule is Cc1ccc(C(C)(C)C(=O)NC2CC3CCC(C2)N3)cc1.Cl. The molecule has 122 valence electrons. The molecule has 4 heteroatoms. The fourth-order valence-electron chi connectivity index (χ4n) is 3.64. The zero-order valence-corrected chi connectivity index (χ0v) is 14.5. The Labute approximate surface area is 139 Å². The van der Waals surface area contributed by atoms with Gasteiger partial charge in [0.15, 0.2) is 0 Å². The predicted molar refractivity (Wildman–Crippen MR) is 92.6 cm³/mol. The number of amides is 1. The second-order valence-corrected chi connectivity index (χ2v) is 7.27. The Hall–Kier alpha value is -1.06. The lowest BCUT2D eigenvalue weighted by molar-refractivity contribution is -0.126. The summed E-state index contributed by atoms with van der Waals surface area (Å²) in [5, 5.41) is 6.91. The molecule has 1 aromatic rings. The van der Waals surface area contributed by atoms with Gasteiger partial charge in [0.1, 0.15) is 0 Å². The van der Waals surface area contributed by atoms with Crippen molar-refractivity contribution in [3.63, 3.8) is 0 Å². The molecule has 22 heavy (non-hydrogen) atoms. The minimum atomic E-state index is -0.475. The fraction of sp³-hybridized carbons (Fsp3) is 0.611. The van der Waals surface area contributed by atoms with Crippen molar-refractivity contribution in [3.05, 3.63) is 35.4 Å². The molecule has 2 N–H and O–H groups in total. The van der Waals surface area contributed by atoms with E-state index in [4.69, 9.17) is 0 Å². The number of halogens is 1. The third-order valence-corrected chi connectivity index (χ3v) is 5.15. The summed E-state index contributed by atoms with van der Waals surface area (Å²) in [4.78, 5) is 12.7. The Kier molecular flexibility index (Phi) is 5.18. The van der Waals surface area contributed by atoms with E-state index < -0.39 is 5.41 Å². The van der Waals surface area contributed by atoms with E-state index in [1.165, 1.54) is 18.4 Å². The highest BCUT2D eigenvalue weighted by Crippen LogP contribution is 2.29. The van der Waals surface area contributed by atoms with Crippen LogP contribution in [0.1, 0.15) is 50.7 Å². The van der Waals surface area contributed by atoms with Crippen LogP contribution in [0.5, 0.6) is 0 Å². The Morgan fingerprint density at radius 3 is 2.23 bits per heavy atom. The molecule has 3 nitrogen and oxygen atoms in total. The highest BCUT2D eigenvalue weighted by Gasteiger charge is 2.37. The number of fused-ring (bicyclic) bond motifs is 2. The third kappa shape index (κ3) is 3.47. The van der Waals surface area contributed by atoms with Crippen molar-refractivity contribution in [3.8, 4) is 0 Å². The maximum Gasteiger partial charge on any atom is 0.230 e. The number of carbonyl (C=O) groups excluding carboxylic acids is 1. The van der Waals surface area contributed by atoms with Crippen molar-refractivity contribution in [1.29, 1.82) is 0 Å². The molecule has 2 aliphatic heterocycles. The molecule has 0 spiro atoms. The number of hydrogen-bond donors (Lipinski definition) is 2. The molecule has 2 atom stereocenters. The summed E-state index contributed by atoms with van der Waals surface area (Å²) >= 11 is 0. The van der Waals surface area contributed by atoms with Crippen LogP contribution in [0.25, 0.3) is 0 Å². The van der Waals surface area contributed by atoms with Crippen molar-refractivity contribution >= 4 is 18.3 Å². The Morgan fingerprint density at radius 1 is 1.14 bits per heavy atom. The quantitative estimate of drug-likeness (QED) is 0.898. The van der Waals surface area contributed by atoms with Gasteiger partial charge >= 0.3 is 0 Å². The first-order valence-electron chi connectivity index (χ1n) is 8.09. The summed E-state index contributed by atoms with van der Waals surface area (Å²) in [6.45, 7) is 6.10. The molecular weight excluding hydrogens is 296 g/mol. The summed E-state index contributed by atoms with van der Waals surface area (Å²) in [6, 6.07) is 9.85. The zero-order chi connectivity index (χ0) is 15.0. The van der Waals surface area contributed by atoms with Gasteiger partial charge in [0.25, 0.3) is 0 Å². The van der Waals surface area contributed by atoms with Crippen LogP contribution >= 0.6 is 12.4 Å². The summed E-state index contributed by atoms with van der Waals surface area (Å²) in [7, 11) is 0. The minimum Gasteiger partial charge on any atom is -0.352 e. The van der Waals surface area contributed by atoms with E-state index in [2.05, 4.69) is 41.8 Å². The van der Waals surface area contributed by atoms with E-state index >= 15 is 0 Å². The van der Waals surface area contributed by atoms with E-state index in [1.807, 2.05) is 13.8 Å². The Balaban J connectivity index is 0.00000176. The molecule has 2 fully saturated rings. The second-order valence-electron chi connectivity index (χ2n) is 7.27. The van der Waals surface area contributed by atoms with Gasteiger partial charge in [0, 0.05) is 18.1 Å². The van der Waals surface area contributed by atoms with Crippen LogP contribution < -0.4 is 10.6 Å². The largest absolute Gasteiger partial charge is 0.352 e. The lowest BCUT2D eigenvalue weighted by Crippen LogP contribution is -2.51. The van der Waals surface area contributed by atoms with Crippen molar-refractivity contribution in [2.75, 3.05) is 0 Å². The number of hydrogen-bond acceptors (Lipinski definition) is 2. The van der Waals surface area contributed by atoms with E-state index in [9.17, 15) is 4.79 Å². The smallest absolute Gasteiger partial charge is 0.230 e. The molecule has 3 rings (SSSR count). The Bertz CT molecular complexity index is 514. The number of aryl methyl sites for hydroxylation is 1. The molecule has 1 amide bonds. The van der Waals surface area contributed by atoms with E-state index in [1.54, 1.807) is 0 Å². The third-order valence-electron chi connectivity index (χ3n) is 5.15. The molecule has 0 aliphatic carbocycles. The maximum absolute atomic E-state index is 12.7. The first-order chi connectivity index (χ1) is 9.95. The van der Waals surface area contributed by atoms with Gasteiger partial charge in [-0.15, -0.1) is 12.4 Å². The highest BCUT2D eigenvalue weighted by molar-refractivity contribution is 5.87. The van der Waals surface area contributed by atoms with E-state index in [0.29, 0.717) is 18.1 Å². The standard InChI is InChI=1S/C18H26N2O.ClH/c1-12-4-6-13(7-5-12)18(2,3)17(21)20-16-10-14-8-9-15(11-16)19-14;/h4-7,14-16,19H,8-11H2,1-3H3,(H,20,21);1H. The van der Waals surface area contributed by atoms with Gasteiger partial charge in [-0.25, -0.2) is 0 Å². The average Bonchev–Trinajstić information content (AvgIpc) is 2.78. The molecule has 0 aromatic heterocycles. The van der Waals surface area contributed by atoms with Crippen LogP contribution in [0.15, 0.2) is 24.3 Å². The molecule has 2 heterocycles. The molecule has 0 radical (unpaired) electrons. The van der Waals surface area contributed by atoms with Crippen LogP contribution in [0.3, 0.4) is 0 Å².